The number of nitrogens with one attached hydrogen (secondary N) is 2. The standard InChI is InChI=1S/C17H17N5O3/c1-10-13(11(2)22(21-10)12-6-4-3-5-7-12)8-18-9-14-15(23)19-17(25)20-16(14)24/h3-7,9H,8H2,1-2H3,(H3,19,20,23,24,25). The van der Waals surface area contributed by atoms with Crippen LogP contribution in [-0.4, -0.2) is 31.1 Å². The topological polar surface area (TPSA) is 116 Å². The maximum Gasteiger partial charge on any atom is 0.328 e. The Bertz CT molecular complexity index is 1040. The molecule has 0 unspecified atom stereocenters. The lowest BCUT2D eigenvalue weighted by Crippen LogP contribution is -2.24. The van der Waals surface area contributed by atoms with Gasteiger partial charge in [-0.3, -0.25) is 19.8 Å². The van der Waals surface area contributed by atoms with E-state index in [1.807, 2.05) is 53.8 Å². The number of hydrogen-bond donors (Lipinski definition) is 3. The van der Waals surface area contributed by atoms with Crippen molar-refractivity contribution in [3.8, 4) is 11.6 Å². The normalized spacial score (nSPS) is 11.3. The Hall–Kier alpha value is -3.42. The molecular formula is C17H17N5O3. The number of aromatic nitrogens is 4. The second-order valence-electron chi connectivity index (χ2n) is 5.54. The zero-order valence-electron chi connectivity index (χ0n) is 13.8. The molecule has 0 spiro atoms. The highest BCUT2D eigenvalue weighted by Crippen LogP contribution is 2.18. The summed E-state index contributed by atoms with van der Waals surface area (Å²) < 4.78 is 1.84. The molecule has 0 fully saturated rings. The zero-order chi connectivity index (χ0) is 18.0. The molecule has 2 heterocycles. The SMILES string of the molecule is Cc1nn(-c2ccccc2)c(C)c1CN=Cc1c(O)[nH]c(=O)[nH]c1=O. The van der Waals surface area contributed by atoms with Crippen molar-refractivity contribution in [3.05, 3.63) is 73.7 Å². The Morgan fingerprint density at radius 2 is 1.92 bits per heavy atom. The van der Waals surface area contributed by atoms with Crippen molar-refractivity contribution >= 4 is 6.21 Å². The molecule has 0 amide bonds. The van der Waals surface area contributed by atoms with Gasteiger partial charge in [0.25, 0.3) is 5.56 Å². The van der Waals surface area contributed by atoms with Gasteiger partial charge in [-0.05, 0) is 26.0 Å². The summed E-state index contributed by atoms with van der Waals surface area (Å²) in [7, 11) is 0. The summed E-state index contributed by atoms with van der Waals surface area (Å²) in [5, 5.41) is 14.2. The van der Waals surface area contributed by atoms with Crippen LogP contribution < -0.4 is 11.2 Å². The summed E-state index contributed by atoms with van der Waals surface area (Å²) in [5.74, 6) is -0.508. The van der Waals surface area contributed by atoms with Crippen LogP contribution in [0.15, 0.2) is 44.9 Å². The highest BCUT2D eigenvalue weighted by molar-refractivity contribution is 5.81. The molecule has 0 aliphatic carbocycles. The van der Waals surface area contributed by atoms with Gasteiger partial charge in [0.1, 0.15) is 5.56 Å². The number of benzene rings is 1. The van der Waals surface area contributed by atoms with Crippen LogP contribution in [-0.2, 0) is 6.54 Å². The number of hydrogen-bond acceptors (Lipinski definition) is 5. The minimum atomic E-state index is -0.768. The molecule has 3 aromatic rings. The number of aryl methyl sites for hydroxylation is 1. The van der Waals surface area contributed by atoms with Gasteiger partial charge in [-0.1, -0.05) is 18.2 Å². The second kappa shape index (κ2) is 6.60. The first-order valence-corrected chi connectivity index (χ1v) is 7.63. The van der Waals surface area contributed by atoms with Gasteiger partial charge in [-0.2, -0.15) is 5.10 Å². The van der Waals surface area contributed by atoms with Crippen molar-refractivity contribution in [1.82, 2.24) is 19.7 Å². The molecule has 2 aromatic heterocycles. The molecule has 128 valence electrons. The fourth-order valence-corrected chi connectivity index (χ4v) is 2.56. The minimum absolute atomic E-state index is 0.0923. The number of H-pyrrole nitrogens is 2. The lowest BCUT2D eigenvalue weighted by molar-refractivity contribution is 0.447. The number of nitrogens with zero attached hydrogens (tertiary/aromatic N) is 3. The molecule has 0 atom stereocenters. The first kappa shape index (κ1) is 16.4. The summed E-state index contributed by atoms with van der Waals surface area (Å²) in [6.45, 7) is 4.13. The molecule has 1 aromatic carbocycles. The molecule has 0 radical (unpaired) electrons. The number of aromatic hydroxyl groups is 1. The highest BCUT2D eigenvalue weighted by atomic mass is 16.3. The molecule has 3 rings (SSSR count). The van der Waals surface area contributed by atoms with Gasteiger partial charge in [0, 0.05) is 17.5 Å². The lowest BCUT2D eigenvalue weighted by atomic mass is 10.2. The fraction of sp³-hybridized carbons (Fsp3) is 0.176. The van der Waals surface area contributed by atoms with E-state index in [0.717, 1.165) is 22.6 Å². The van der Waals surface area contributed by atoms with Crippen LogP contribution in [0.25, 0.3) is 5.69 Å². The first-order chi connectivity index (χ1) is 12.0. The van der Waals surface area contributed by atoms with Crippen LogP contribution in [0, 0.1) is 13.8 Å². The van der Waals surface area contributed by atoms with Crippen molar-refractivity contribution in [3.63, 3.8) is 0 Å². The van der Waals surface area contributed by atoms with E-state index in [9.17, 15) is 14.7 Å². The summed E-state index contributed by atoms with van der Waals surface area (Å²) in [6.07, 6.45) is 1.24. The van der Waals surface area contributed by atoms with Crippen molar-refractivity contribution in [1.29, 1.82) is 0 Å². The molecule has 0 bridgehead atoms. The Morgan fingerprint density at radius 1 is 1.20 bits per heavy atom. The number of rotatable bonds is 4. The highest BCUT2D eigenvalue weighted by Gasteiger charge is 2.12. The van der Waals surface area contributed by atoms with E-state index in [1.165, 1.54) is 6.21 Å². The van der Waals surface area contributed by atoms with E-state index in [0.29, 0.717) is 6.54 Å². The smallest absolute Gasteiger partial charge is 0.328 e. The fourth-order valence-electron chi connectivity index (χ4n) is 2.56. The van der Waals surface area contributed by atoms with Crippen LogP contribution in [0.4, 0.5) is 0 Å². The lowest BCUT2D eigenvalue weighted by Gasteiger charge is -2.04. The van der Waals surface area contributed by atoms with Gasteiger partial charge in [-0.15, -0.1) is 0 Å². The molecule has 0 saturated carbocycles. The molecule has 0 aliphatic heterocycles. The molecule has 25 heavy (non-hydrogen) atoms. The van der Waals surface area contributed by atoms with E-state index >= 15 is 0 Å². The average molecular weight is 339 g/mol. The second-order valence-corrected chi connectivity index (χ2v) is 5.54. The Morgan fingerprint density at radius 3 is 2.60 bits per heavy atom. The van der Waals surface area contributed by atoms with Gasteiger partial charge in [0.2, 0.25) is 5.88 Å². The van der Waals surface area contributed by atoms with Gasteiger partial charge in [0.05, 0.1) is 17.9 Å². The van der Waals surface area contributed by atoms with Crippen LogP contribution in [0.2, 0.25) is 0 Å². The molecule has 0 aliphatic rings. The predicted octanol–water partition coefficient (Wildman–Crippen LogP) is 1.19. The number of aliphatic imine (C=N–C) groups is 1. The average Bonchev–Trinajstić information content (AvgIpc) is 2.85. The van der Waals surface area contributed by atoms with E-state index in [4.69, 9.17) is 0 Å². The van der Waals surface area contributed by atoms with Gasteiger partial charge in [0.15, 0.2) is 0 Å². The Kier molecular flexibility index (Phi) is 4.34. The summed E-state index contributed by atoms with van der Waals surface area (Å²) in [5.41, 5.74) is 2.10. The number of para-hydroxylation sites is 1. The zero-order valence-corrected chi connectivity index (χ0v) is 13.8. The summed E-state index contributed by atoms with van der Waals surface area (Å²) in [6, 6.07) is 9.74. The van der Waals surface area contributed by atoms with Crippen LogP contribution in [0.1, 0.15) is 22.5 Å². The maximum atomic E-state index is 11.7. The van der Waals surface area contributed by atoms with Crippen molar-refractivity contribution in [2.45, 2.75) is 20.4 Å². The monoisotopic (exact) mass is 339 g/mol. The third kappa shape index (κ3) is 3.27. The van der Waals surface area contributed by atoms with Gasteiger partial charge >= 0.3 is 5.69 Å². The number of aromatic amines is 2. The summed E-state index contributed by atoms with van der Waals surface area (Å²) >= 11 is 0. The van der Waals surface area contributed by atoms with E-state index in [2.05, 4.69) is 15.1 Å². The molecule has 8 heteroatoms. The largest absolute Gasteiger partial charge is 0.494 e. The van der Waals surface area contributed by atoms with Crippen molar-refractivity contribution in [2.24, 2.45) is 4.99 Å². The van der Waals surface area contributed by atoms with Crippen LogP contribution in [0.3, 0.4) is 0 Å². The van der Waals surface area contributed by atoms with E-state index in [-0.39, 0.29) is 5.56 Å². The molecule has 0 saturated heterocycles. The minimum Gasteiger partial charge on any atom is -0.494 e. The third-order valence-electron chi connectivity index (χ3n) is 3.87. The van der Waals surface area contributed by atoms with Crippen LogP contribution in [0.5, 0.6) is 5.88 Å². The quantitative estimate of drug-likeness (QED) is 0.619. The maximum absolute atomic E-state index is 11.7. The third-order valence-corrected chi connectivity index (χ3v) is 3.87. The van der Waals surface area contributed by atoms with E-state index in [1.54, 1.807) is 0 Å². The molecular weight excluding hydrogens is 322 g/mol. The summed E-state index contributed by atoms with van der Waals surface area (Å²) in [4.78, 5) is 31.1. The first-order valence-electron chi connectivity index (χ1n) is 7.63. The van der Waals surface area contributed by atoms with Crippen molar-refractivity contribution < 1.29 is 5.11 Å². The molecule has 3 N–H and O–H groups in total. The van der Waals surface area contributed by atoms with Crippen molar-refractivity contribution in [2.75, 3.05) is 0 Å². The van der Waals surface area contributed by atoms with Gasteiger partial charge in [-0.25, -0.2) is 9.48 Å². The Labute approximate surface area is 142 Å². The predicted molar refractivity (Wildman–Crippen MR) is 93.7 cm³/mol. The molecule has 8 nitrogen and oxygen atoms in total. The Balaban J connectivity index is 1.89. The van der Waals surface area contributed by atoms with E-state index < -0.39 is 17.1 Å². The van der Waals surface area contributed by atoms with Gasteiger partial charge < -0.3 is 5.11 Å². The van der Waals surface area contributed by atoms with Crippen LogP contribution >= 0.6 is 0 Å².